The minimum Gasteiger partial charge on any atom is -0.384 e. The van der Waals surface area contributed by atoms with Gasteiger partial charge in [-0.2, -0.15) is 0 Å². The van der Waals surface area contributed by atoms with Crippen molar-refractivity contribution in [1.29, 1.82) is 5.41 Å². The maximum Gasteiger partial charge on any atom is 0.319 e. The molecule has 1 aromatic carbocycles. The van der Waals surface area contributed by atoms with Crippen LogP contribution in [0.15, 0.2) is 24.3 Å². The number of ether oxygens (including phenoxy) is 1. The van der Waals surface area contributed by atoms with Crippen LogP contribution in [0.2, 0.25) is 0 Å². The summed E-state index contributed by atoms with van der Waals surface area (Å²) >= 11 is 0. The first-order valence-corrected chi connectivity index (χ1v) is 5.75. The quantitative estimate of drug-likeness (QED) is 0.472. The van der Waals surface area contributed by atoms with E-state index in [1.807, 2.05) is 0 Å². The first kappa shape index (κ1) is 12.4. The van der Waals surface area contributed by atoms with E-state index in [1.54, 1.807) is 24.3 Å². The minimum atomic E-state index is -0.272. The van der Waals surface area contributed by atoms with E-state index in [0.717, 1.165) is 6.42 Å². The number of hydrogen-bond acceptors (Lipinski definition) is 3. The second kappa shape index (κ2) is 5.50. The molecule has 18 heavy (non-hydrogen) atoms. The van der Waals surface area contributed by atoms with Crippen molar-refractivity contribution >= 4 is 17.6 Å². The van der Waals surface area contributed by atoms with E-state index in [-0.39, 0.29) is 17.9 Å². The van der Waals surface area contributed by atoms with Gasteiger partial charge in [-0.3, -0.25) is 5.41 Å². The molecule has 0 aromatic heterocycles. The molecule has 1 atom stereocenters. The molecule has 96 valence electrons. The number of amides is 2. The van der Waals surface area contributed by atoms with Crippen molar-refractivity contribution in [2.75, 3.05) is 18.5 Å². The molecule has 0 bridgehead atoms. The van der Waals surface area contributed by atoms with E-state index < -0.39 is 0 Å². The van der Waals surface area contributed by atoms with Crippen LogP contribution in [0.25, 0.3) is 0 Å². The molecule has 6 heteroatoms. The van der Waals surface area contributed by atoms with Crippen molar-refractivity contribution in [2.45, 2.75) is 12.5 Å². The van der Waals surface area contributed by atoms with E-state index in [9.17, 15) is 4.79 Å². The van der Waals surface area contributed by atoms with Crippen molar-refractivity contribution in [3.8, 4) is 0 Å². The lowest BCUT2D eigenvalue weighted by atomic mass is 10.2. The summed E-state index contributed by atoms with van der Waals surface area (Å²) in [6, 6.07) is 6.66. The van der Waals surface area contributed by atoms with Gasteiger partial charge in [0.25, 0.3) is 0 Å². The second-order valence-corrected chi connectivity index (χ2v) is 4.15. The number of anilines is 1. The standard InChI is InChI=1S/C12H16N4O2/c13-11(14)8-2-1-3-9(6-8)15-12(17)16-10-4-5-18-7-10/h1-3,6,10H,4-5,7H2,(H3,13,14)(H2,15,16,17). The molecule has 0 spiro atoms. The molecule has 1 unspecified atom stereocenters. The van der Waals surface area contributed by atoms with Crippen LogP contribution in [0.3, 0.4) is 0 Å². The summed E-state index contributed by atoms with van der Waals surface area (Å²) in [4.78, 5) is 11.7. The average Bonchev–Trinajstić information content (AvgIpc) is 2.82. The lowest BCUT2D eigenvalue weighted by Crippen LogP contribution is -2.38. The highest BCUT2D eigenvalue weighted by Gasteiger charge is 2.17. The summed E-state index contributed by atoms with van der Waals surface area (Å²) < 4.78 is 5.17. The van der Waals surface area contributed by atoms with Gasteiger partial charge in [0.05, 0.1) is 12.6 Å². The van der Waals surface area contributed by atoms with Crippen LogP contribution >= 0.6 is 0 Å². The SMILES string of the molecule is N=C(N)c1cccc(NC(=O)NC2CCOC2)c1. The Bertz CT molecular complexity index is 455. The Hall–Kier alpha value is -2.08. The topological polar surface area (TPSA) is 100 Å². The molecule has 1 fully saturated rings. The smallest absolute Gasteiger partial charge is 0.319 e. The van der Waals surface area contributed by atoms with Gasteiger partial charge in [-0.05, 0) is 18.6 Å². The fourth-order valence-corrected chi connectivity index (χ4v) is 1.77. The third kappa shape index (κ3) is 3.21. The van der Waals surface area contributed by atoms with Gasteiger partial charge >= 0.3 is 6.03 Å². The number of rotatable bonds is 3. The Morgan fingerprint density at radius 1 is 1.50 bits per heavy atom. The second-order valence-electron chi connectivity index (χ2n) is 4.15. The first-order chi connectivity index (χ1) is 8.65. The van der Waals surface area contributed by atoms with Crippen LogP contribution in [-0.4, -0.2) is 31.1 Å². The molecule has 2 rings (SSSR count). The largest absolute Gasteiger partial charge is 0.384 e. The number of nitrogen functional groups attached to an aromatic ring is 1. The van der Waals surface area contributed by atoms with Crippen molar-refractivity contribution in [2.24, 2.45) is 5.73 Å². The zero-order valence-electron chi connectivity index (χ0n) is 9.90. The third-order valence-corrected chi connectivity index (χ3v) is 2.70. The third-order valence-electron chi connectivity index (χ3n) is 2.70. The monoisotopic (exact) mass is 248 g/mol. The normalized spacial score (nSPS) is 18.3. The summed E-state index contributed by atoms with van der Waals surface area (Å²) in [7, 11) is 0. The predicted molar refractivity (Wildman–Crippen MR) is 68.8 cm³/mol. The zero-order valence-corrected chi connectivity index (χ0v) is 9.90. The Kier molecular flexibility index (Phi) is 3.78. The highest BCUT2D eigenvalue weighted by molar-refractivity contribution is 5.97. The number of amidine groups is 1. The van der Waals surface area contributed by atoms with Crippen LogP contribution in [0.4, 0.5) is 10.5 Å². The summed E-state index contributed by atoms with van der Waals surface area (Å²) in [5.41, 5.74) is 6.57. The molecule has 6 nitrogen and oxygen atoms in total. The van der Waals surface area contributed by atoms with E-state index in [0.29, 0.717) is 24.5 Å². The summed E-state index contributed by atoms with van der Waals surface area (Å²) in [5, 5.41) is 12.9. The van der Waals surface area contributed by atoms with Gasteiger partial charge in [-0.25, -0.2) is 4.79 Å². The number of urea groups is 1. The molecule has 1 aliphatic heterocycles. The minimum absolute atomic E-state index is 0.0248. The lowest BCUT2D eigenvalue weighted by Gasteiger charge is -2.12. The number of nitrogens with two attached hydrogens (primary N) is 1. The summed E-state index contributed by atoms with van der Waals surface area (Å²) in [6.07, 6.45) is 0.834. The number of benzene rings is 1. The Labute approximate surface area is 105 Å². The Balaban J connectivity index is 1.93. The molecular weight excluding hydrogens is 232 g/mol. The fourth-order valence-electron chi connectivity index (χ4n) is 1.77. The number of hydrogen-bond donors (Lipinski definition) is 4. The lowest BCUT2D eigenvalue weighted by molar-refractivity contribution is 0.189. The molecule has 5 N–H and O–H groups in total. The number of carbonyl (C=O) groups excluding carboxylic acids is 1. The molecular formula is C12H16N4O2. The van der Waals surface area contributed by atoms with Gasteiger partial charge < -0.3 is 21.1 Å². The molecule has 0 radical (unpaired) electrons. The van der Waals surface area contributed by atoms with Gasteiger partial charge in [-0.15, -0.1) is 0 Å². The van der Waals surface area contributed by atoms with E-state index in [2.05, 4.69) is 10.6 Å². The van der Waals surface area contributed by atoms with Crippen molar-refractivity contribution in [3.63, 3.8) is 0 Å². The van der Waals surface area contributed by atoms with Crippen molar-refractivity contribution in [3.05, 3.63) is 29.8 Å². The molecule has 1 aliphatic rings. The van der Waals surface area contributed by atoms with Crippen molar-refractivity contribution < 1.29 is 9.53 Å². The number of carbonyl (C=O) groups is 1. The van der Waals surface area contributed by atoms with Crippen molar-refractivity contribution in [1.82, 2.24) is 5.32 Å². The van der Waals surface area contributed by atoms with Crippen LogP contribution in [0.1, 0.15) is 12.0 Å². The summed E-state index contributed by atoms with van der Waals surface area (Å²) in [5.74, 6) is -0.0248. The van der Waals surface area contributed by atoms with Gasteiger partial charge in [0.2, 0.25) is 0 Å². The van der Waals surface area contributed by atoms with Gasteiger partial charge in [-0.1, -0.05) is 12.1 Å². The Morgan fingerprint density at radius 2 is 2.33 bits per heavy atom. The molecule has 0 saturated carbocycles. The van der Waals surface area contributed by atoms with Crippen LogP contribution in [-0.2, 0) is 4.74 Å². The molecule has 1 saturated heterocycles. The van der Waals surface area contributed by atoms with Gasteiger partial charge in [0, 0.05) is 17.9 Å². The number of nitrogens with one attached hydrogen (secondary N) is 3. The maximum absolute atomic E-state index is 11.7. The van der Waals surface area contributed by atoms with Crippen LogP contribution in [0, 0.1) is 5.41 Å². The van der Waals surface area contributed by atoms with Gasteiger partial charge in [0.1, 0.15) is 5.84 Å². The molecule has 0 aliphatic carbocycles. The highest BCUT2D eigenvalue weighted by atomic mass is 16.5. The Morgan fingerprint density at radius 3 is 3.00 bits per heavy atom. The maximum atomic E-state index is 11.7. The molecule has 2 amide bonds. The van der Waals surface area contributed by atoms with E-state index in [1.165, 1.54) is 0 Å². The molecule has 1 heterocycles. The van der Waals surface area contributed by atoms with Crippen LogP contribution < -0.4 is 16.4 Å². The average molecular weight is 248 g/mol. The molecule has 1 aromatic rings. The zero-order chi connectivity index (χ0) is 13.0. The van der Waals surface area contributed by atoms with Gasteiger partial charge in [0.15, 0.2) is 0 Å². The van der Waals surface area contributed by atoms with E-state index >= 15 is 0 Å². The first-order valence-electron chi connectivity index (χ1n) is 5.75. The van der Waals surface area contributed by atoms with E-state index in [4.69, 9.17) is 15.9 Å². The van der Waals surface area contributed by atoms with Crippen LogP contribution in [0.5, 0.6) is 0 Å². The summed E-state index contributed by atoms with van der Waals surface area (Å²) in [6.45, 7) is 1.24. The fraction of sp³-hybridized carbons (Fsp3) is 0.333. The predicted octanol–water partition coefficient (Wildman–Crippen LogP) is 0.881. The highest BCUT2D eigenvalue weighted by Crippen LogP contribution is 2.10.